The molecule has 3 N–H and O–H groups in total. The molecule has 120 valence electrons. The lowest BCUT2D eigenvalue weighted by atomic mass is 10.2. The van der Waals surface area contributed by atoms with Crippen molar-refractivity contribution in [3.63, 3.8) is 0 Å². The van der Waals surface area contributed by atoms with Gasteiger partial charge < -0.3 is 10.6 Å². The number of nitrogens with zero attached hydrogens (tertiary/aromatic N) is 1. The summed E-state index contributed by atoms with van der Waals surface area (Å²) in [6.07, 6.45) is 6.34. The first kappa shape index (κ1) is 16.5. The number of aliphatic imine (C=N–C) groups is 1. The number of sulfonamides is 1. The highest BCUT2D eigenvalue weighted by molar-refractivity contribution is 7.89. The van der Waals surface area contributed by atoms with Gasteiger partial charge in [0.1, 0.15) is 0 Å². The summed E-state index contributed by atoms with van der Waals surface area (Å²) in [5.41, 5.74) is 0.988. The van der Waals surface area contributed by atoms with E-state index in [1.165, 1.54) is 7.05 Å². The molecule has 0 bridgehead atoms. The average molecular weight is 322 g/mol. The van der Waals surface area contributed by atoms with Crippen molar-refractivity contribution in [2.75, 3.05) is 14.1 Å². The fourth-order valence-electron chi connectivity index (χ4n) is 2.21. The van der Waals surface area contributed by atoms with E-state index < -0.39 is 10.0 Å². The Kier molecular flexibility index (Phi) is 5.57. The first-order valence-corrected chi connectivity index (χ1v) is 8.68. The first-order chi connectivity index (χ1) is 10.5. The third-order valence-corrected chi connectivity index (χ3v) is 4.96. The van der Waals surface area contributed by atoms with Crippen molar-refractivity contribution >= 4 is 16.0 Å². The predicted octanol–water partition coefficient (Wildman–Crippen LogP) is 0.978. The summed E-state index contributed by atoms with van der Waals surface area (Å²) >= 11 is 0. The fraction of sp³-hybridized carbons (Fsp3) is 0.400. The summed E-state index contributed by atoms with van der Waals surface area (Å²) in [4.78, 5) is 4.46. The predicted molar refractivity (Wildman–Crippen MR) is 88.2 cm³/mol. The fourth-order valence-corrected chi connectivity index (χ4v) is 2.94. The van der Waals surface area contributed by atoms with E-state index in [0.29, 0.717) is 12.6 Å². The van der Waals surface area contributed by atoms with E-state index in [2.05, 4.69) is 32.5 Å². The third-order valence-electron chi connectivity index (χ3n) is 3.53. The second-order valence-electron chi connectivity index (χ2n) is 5.06. The summed E-state index contributed by atoms with van der Waals surface area (Å²) < 4.78 is 25.6. The van der Waals surface area contributed by atoms with Crippen LogP contribution in [-0.4, -0.2) is 34.5 Å². The number of benzene rings is 1. The van der Waals surface area contributed by atoms with Gasteiger partial charge in [-0.1, -0.05) is 24.3 Å². The topological polar surface area (TPSA) is 82.6 Å². The summed E-state index contributed by atoms with van der Waals surface area (Å²) in [5, 5.41) is 6.58. The molecule has 0 heterocycles. The third kappa shape index (κ3) is 4.32. The zero-order valence-corrected chi connectivity index (χ0v) is 13.7. The molecule has 22 heavy (non-hydrogen) atoms. The van der Waals surface area contributed by atoms with E-state index in [1.54, 1.807) is 31.3 Å². The molecular weight excluding hydrogens is 300 g/mol. The maximum absolute atomic E-state index is 11.7. The number of hydrogen-bond acceptors (Lipinski definition) is 3. The van der Waals surface area contributed by atoms with Gasteiger partial charge in [-0.2, -0.15) is 0 Å². The molecule has 0 saturated heterocycles. The van der Waals surface area contributed by atoms with E-state index in [0.717, 1.165) is 24.4 Å². The SMILES string of the molecule is CN=C(NCc1ccc(S(=O)(=O)NC)cc1)NC1CC=CC1. The minimum atomic E-state index is -3.38. The number of guanidine groups is 1. The van der Waals surface area contributed by atoms with Crippen molar-refractivity contribution in [2.24, 2.45) is 4.99 Å². The lowest BCUT2D eigenvalue weighted by Crippen LogP contribution is -2.42. The second kappa shape index (κ2) is 7.42. The Balaban J connectivity index is 1.90. The Morgan fingerprint density at radius 2 is 1.86 bits per heavy atom. The van der Waals surface area contributed by atoms with Gasteiger partial charge in [0, 0.05) is 19.6 Å². The van der Waals surface area contributed by atoms with Gasteiger partial charge in [-0.3, -0.25) is 4.99 Å². The standard InChI is InChI=1S/C15H22N4O2S/c1-16-15(19-13-5-3-4-6-13)18-11-12-7-9-14(10-8-12)22(20,21)17-2/h3-4,7-10,13,17H,5-6,11H2,1-2H3,(H2,16,18,19). The van der Waals surface area contributed by atoms with Gasteiger partial charge in [0.25, 0.3) is 0 Å². The molecule has 6 nitrogen and oxygen atoms in total. The van der Waals surface area contributed by atoms with Crippen molar-refractivity contribution in [2.45, 2.75) is 30.3 Å². The van der Waals surface area contributed by atoms with Crippen molar-refractivity contribution in [1.29, 1.82) is 0 Å². The molecule has 1 aromatic carbocycles. The molecule has 0 atom stereocenters. The van der Waals surface area contributed by atoms with Crippen LogP contribution in [0.4, 0.5) is 0 Å². The van der Waals surface area contributed by atoms with Crippen LogP contribution in [0.25, 0.3) is 0 Å². The summed E-state index contributed by atoms with van der Waals surface area (Å²) in [7, 11) is -0.243. The van der Waals surface area contributed by atoms with Gasteiger partial charge in [0.05, 0.1) is 4.90 Å². The van der Waals surface area contributed by atoms with Crippen molar-refractivity contribution in [1.82, 2.24) is 15.4 Å². The zero-order chi connectivity index (χ0) is 16.0. The van der Waals surface area contributed by atoms with Gasteiger partial charge in [0.15, 0.2) is 5.96 Å². The molecule has 0 unspecified atom stereocenters. The average Bonchev–Trinajstić information content (AvgIpc) is 3.04. The molecule has 1 aromatic rings. The Hall–Kier alpha value is -1.86. The molecule has 1 aliphatic rings. The number of rotatable bonds is 5. The van der Waals surface area contributed by atoms with Crippen LogP contribution in [0.3, 0.4) is 0 Å². The van der Waals surface area contributed by atoms with Crippen LogP contribution in [0.5, 0.6) is 0 Å². The maximum Gasteiger partial charge on any atom is 0.240 e. The monoisotopic (exact) mass is 322 g/mol. The Morgan fingerprint density at radius 1 is 1.23 bits per heavy atom. The highest BCUT2D eigenvalue weighted by Crippen LogP contribution is 2.10. The first-order valence-electron chi connectivity index (χ1n) is 7.20. The van der Waals surface area contributed by atoms with Crippen LogP contribution in [0.1, 0.15) is 18.4 Å². The maximum atomic E-state index is 11.7. The van der Waals surface area contributed by atoms with Crippen molar-refractivity contribution in [3.8, 4) is 0 Å². The van der Waals surface area contributed by atoms with Crippen LogP contribution in [0.15, 0.2) is 46.3 Å². The molecular formula is C15H22N4O2S. The van der Waals surface area contributed by atoms with Gasteiger partial charge >= 0.3 is 0 Å². The zero-order valence-electron chi connectivity index (χ0n) is 12.8. The smallest absolute Gasteiger partial charge is 0.240 e. The number of hydrogen-bond donors (Lipinski definition) is 3. The van der Waals surface area contributed by atoms with Crippen LogP contribution < -0.4 is 15.4 Å². The lowest BCUT2D eigenvalue weighted by molar-refractivity contribution is 0.588. The van der Waals surface area contributed by atoms with E-state index >= 15 is 0 Å². The normalized spacial score (nSPS) is 16.0. The summed E-state index contributed by atoms with van der Waals surface area (Å²) in [6, 6.07) is 7.18. The summed E-state index contributed by atoms with van der Waals surface area (Å²) in [6.45, 7) is 0.583. The van der Waals surface area contributed by atoms with E-state index in [4.69, 9.17) is 0 Å². The van der Waals surface area contributed by atoms with Gasteiger partial charge in [-0.05, 0) is 37.6 Å². The molecule has 0 fully saturated rings. The van der Waals surface area contributed by atoms with Crippen LogP contribution in [0, 0.1) is 0 Å². The lowest BCUT2D eigenvalue weighted by Gasteiger charge is -2.17. The Morgan fingerprint density at radius 3 is 2.41 bits per heavy atom. The van der Waals surface area contributed by atoms with Crippen molar-refractivity contribution < 1.29 is 8.42 Å². The molecule has 0 aromatic heterocycles. The van der Waals surface area contributed by atoms with Gasteiger partial charge in [-0.15, -0.1) is 0 Å². The second-order valence-corrected chi connectivity index (χ2v) is 6.95. The minimum absolute atomic E-state index is 0.262. The Bertz CT molecular complexity index is 643. The highest BCUT2D eigenvalue weighted by Gasteiger charge is 2.12. The quantitative estimate of drug-likeness (QED) is 0.429. The molecule has 7 heteroatoms. The number of nitrogens with one attached hydrogen (secondary N) is 3. The summed E-state index contributed by atoms with van der Waals surface area (Å²) in [5.74, 6) is 0.751. The molecule has 0 radical (unpaired) electrons. The molecule has 2 rings (SSSR count). The van der Waals surface area contributed by atoms with Crippen LogP contribution >= 0.6 is 0 Å². The van der Waals surface area contributed by atoms with E-state index in [-0.39, 0.29) is 4.90 Å². The molecule has 0 aliphatic heterocycles. The minimum Gasteiger partial charge on any atom is -0.353 e. The highest BCUT2D eigenvalue weighted by atomic mass is 32.2. The van der Waals surface area contributed by atoms with Gasteiger partial charge in [0.2, 0.25) is 10.0 Å². The van der Waals surface area contributed by atoms with Crippen LogP contribution in [-0.2, 0) is 16.6 Å². The van der Waals surface area contributed by atoms with E-state index in [9.17, 15) is 8.42 Å². The molecule has 0 spiro atoms. The van der Waals surface area contributed by atoms with Gasteiger partial charge in [-0.25, -0.2) is 13.1 Å². The molecule has 1 aliphatic carbocycles. The van der Waals surface area contributed by atoms with Crippen LogP contribution in [0.2, 0.25) is 0 Å². The van der Waals surface area contributed by atoms with Crippen molar-refractivity contribution in [3.05, 3.63) is 42.0 Å². The largest absolute Gasteiger partial charge is 0.353 e. The van der Waals surface area contributed by atoms with E-state index in [1.807, 2.05) is 0 Å². The Labute approximate surface area is 131 Å². The molecule has 0 amide bonds. The molecule has 0 saturated carbocycles.